The lowest BCUT2D eigenvalue weighted by Crippen LogP contribution is -3.15. The average Bonchev–Trinajstić information content (AvgIpc) is 3.05. The van der Waals surface area contributed by atoms with Crippen LogP contribution in [0.3, 0.4) is 0 Å². The van der Waals surface area contributed by atoms with Crippen LogP contribution < -0.4 is 10.2 Å². The predicted octanol–water partition coefficient (Wildman–Crippen LogP) is 1.79. The van der Waals surface area contributed by atoms with E-state index >= 15 is 0 Å². The first kappa shape index (κ1) is 21.2. The molecule has 1 aliphatic heterocycles. The molecule has 8 atom stereocenters. The molecule has 3 N–H and O–H groups in total. The molecule has 5 nitrogen and oxygen atoms in total. The molecule has 0 unspecified atom stereocenters. The Morgan fingerprint density at radius 3 is 2.53 bits per heavy atom. The number of amides is 1. The van der Waals surface area contributed by atoms with Crippen molar-refractivity contribution in [3.63, 3.8) is 0 Å². The number of nitrogens with one attached hydrogen (secondary N) is 2. The van der Waals surface area contributed by atoms with Gasteiger partial charge in [0.1, 0.15) is 13.1 Å². The summed E-state index contributed by atoms with van der Waals surface area (Å²) in [7, 11) is 0. The molecular formula is C25H43N2O3+. The number of carbonyl (C=O) groups is 1. The molecule has 0 aromatic carbocycles. The van der Waals surface area contributed by atoms with Crippen molar-refractivity contribution in [3.05, 3.63) is 0 Å². The third-order valence-corrected chi connectivity index (χ3v) is 10.6. The number of quaternary nitrogens is 1. The smallest absolute Gasteiger partial charge is 0.275 e. The molecular weight excluding hydrogens is 376 g/mol. The van der Waals surface area contributed by atoms with Crippen LogP contribution in [-0.2, 0) is 9.53 Å². The number of aliphatic hydroxyl groups is 1. The number of ether oxygens (including phenoxy) is 1. The lowest BCUT2D eigenvalue weighted by Gasteiger charge is -2.60. The lowest BCUT2D eigenvalue weighted by atomic mass is 9.45. The van der Waals surface area contributed by atoms with E-state index in [1.807, 2.05) is 0 Å². The van der Waals surface area contributed by atoms with Crippen molar-refractivity contribution < 1.29 is 19.5 Å². The summed E-state index contributed by atoms with van der Waals surface area (Å²) in [5.74, 6) is 3.39. The molecule has 170 valence electrons. The second-order valence-corrected chi connectivity index (χ2v) is 11.9. The van der Waals surface area contributed by atoms with E-state index in [9.17, 15) is 9.90 Å². The third-order valence-electron chi connectivity index (χ3n) is 10.6. The van der Waals surface area contributed by atoms with Crippen LogP contribution >= 0.6 is 0 Å². The Balaban J connectivity index is 1.25. The van der Waals surface area contributed by atoms with E-state index in [1.165, 1.54) is 43.4 Å². The van der Waals surface area contributed by atoms with Gasteiger partial charge >= 0.3 is 0 Å². The van der Waals surface area contributed by atoms with Gasteiger partial charge in [0.25, 0.3) is 5.91 Å². The van der Waals surface area contributed by atoms with Crippen LogP contribution in [0.4, 0.5) is 0 Å². The highest BCUT2D eigenvalue weighted by atomic mass is 16.5. The topological polar surface area (TPSA) is 63.0 Å². The monoisotopic (exact) mass is 419 g/mol. The van der Waals surface area contributed by atoms with Crippen LogP contribution in [0.25, 0.3) is 0 Å². The molecule has 1 amide bonds. The van der Waals surface area contributed by atoms with E-state index in [-0.39, 0.29) is 17.4 Å². The predicted molar refractivity (Wildman–Crippen MR) is 116 cm³/mol. The highest BCUT2D eigenvalue weighted by Crippen LogP contribution is 2.66. The molecule has 0 bridgehead atoms. The van der Waals surface area contributed by atoms with Crippen molar-refractivity contribution in [1.82, 2.24) is 5.32 Å². The molecule has 5 aliphatic rings. The number of aliphatic hydroxyl groups excluding tert-OH is 1. The van der Waals surface area contributed by atoms with Gasteiger partial charge in [-0.15, -0.1) is 0 Å². The molecule has 5 rings (SSSR count). The van der Waals surface area contributed by atoms with E-state index in [0.717, 1.165) is 69.2 Å². The molecule has 5 fully saturated rings. The first-order chi connectivity index (χ1) is 14.4. The molecule has 0 aromatic heterocycles. The maximum Gasteiger partial charge on any atom is 0.275 e. The zero-order valence-electron chi connectivity index (χ0n) is 19.1. The number of hydrogen-bond acceptors (Lipinski definition) is 3. The Morgan fingerprint density at radius 2 is 1.73 bits per heavy atom. The molecule has 0 spiro atoms. The van der Waals surface area contributed by atoms with Gasteiger partial charge in [-0.05, 0) is 92.3 Å². The molecule has 4 aliphatic carbocycles. The molecule has 1 heterocycles. The fourth-order valence-electron chi connectivity index (χ4n) is 8.78. The number of fused-ring (bicyclic) bond motifs is 5. The number of carbonyl (C=O) groups excluding carboxylic acids is 1. The standard InChI is InChI=1S/C25H42N2O3/c1-24-9-7-18(28)15-17(24)3-4-19-20-5-6-22(25(20,2)10-8-21(19)24)26-23(29)16-27-11-13-30-14-12-27/h17-22,28H,3-16H2,1-2H3,(H,26,29)/p+1/t17-,18-,19-,20+,21-,22-,24-,25-/m0/s1. The van der Waals surface area contributed by atoms with Gasteiger partial charge in [-0.1, -0.05) is 13.8 Å². The van der Waals surface area contributed by atoms with Crippen molar-refractivity contribution >= 4 is 5.91 Å². The van der Waals surface area contributed by atoms with E-state index in [4.69, 9.17) is 4.74 Å². The van der Waals surface area contributed by atoms with Gasteiger partial charge in [-0.3, -0.25) is 4.79 Å². The van der Waals surface area contributed by atoms with Gasteiger partial charge in [0.15, 0.2) is 6.54 Å². The Kier molecular flexibility index (Phi) is 5.69. The van der Waals surface area contributed by atoms with Crippen molar-refractivity contribution in [3.8, 4) is 0 Å². The van der Waals surface area contributed by atoms with Crippen LogP contribution in [-0.4, -0.2) is 56.0 Å². The third kappa shape index (κ3) is 3.53. The van der Waals surface area contributed by atoms with Gasteiger partial charge < -0.3 is 20.1 Å². The lowest BCUT2D eigenvalue weighted by molar-refractivity contribution is -0.900. The van der Waals surface area contributed by atoms with Gasteiger partial charge in [0, 0.05) is 6.04 Å². The Hall–Kier alpha value is -0.650. The fourth-order valence-corrected chi connectivity index (χ4v) is 8.78. The number of hydrogen-bond donors (Lipinski definition) is 3. The van der Waals surface area contributed by atoms with Crippen LogP contribution in [0.1, 0.15) is 71.6 Å². The second kappa shape index (κ2) is 8.04. The summed E-state index contributed by atoms with van der Waals surface area (Å²) in [6.45, 7) is 9.13. The summed E-state index contributed by atoms with van der Waals surface area (Å²) in [6.07, 6.45) is 10.9. The zero-order chi connectivity index (χ0) is 20.9. The van der Waals surface area contributed by atoms with E-state index in [1.54, 1.807) is 0 Å². The molecule has 1 saturated heterocycles. The summed E-state index contributed by atoms with van der Waals surface area (Å²) in [4.78, 5) is 14.2. The van der Waals surface area contributed by atoms with Crippen molar-refractivity contribution in [1.29, 1.82) is 0 Å². The van der Waals surface area contributed by atoms with E-state index < -0.39 is 0 Å². The van der Waals surface area contributed by atoms with Crippen LogP contribution in [0.5, 0.6) is 0 Å². The van der Waals surface area contributed by atoms with Crippen LogP contribution in [0.2, 0.25) is 0 Å². The van der Waals surface area contributed by atoms with Crippen LogP contribution in [0.15, 0.2) is 0 Å². The van der Waals surface area contributed by atoms with Crippen LogP contribution in [0, 0.1) is 34.5 Å². The van der Waals surface area contributed by atoms with Crippen molar-refractivity contribution in [2.45, 2.75) is 83.8 Å². The van der Waals surface area contributed by atoms with E-state index in [0.29, 0.717) is 18.0 Å². The summed E-state index contributed by atoms with van der Waals surface area (Å²) in [6, 6.07) is 0.357. The minimum Gasteiger partial charge on any atom is -0.393 e. The Bertz CT molecular complexity index is 650. The summed E-state index contributed by atoms with van der Waals surface area (Å²) in [5, 5.41) is 13.7. The highest BCUT2D eigenvalue weighted by molar-refractivity contribution is 5.77. The molecule has 0 aromatic rings. The van der Waals surface area contributed by atoms with Crippen molar-refractivity contribution in [2.24, 2.45) is 34.5 Å². The quantitative estimate of drug-likeness (QED) is 0.654. The molecule has 30 heavy (non-hydrogen) atoms. The highest BCUT2D eigenvalue weighted by Gasteiger charge is 2.60. The zero-order valence-corrected chi connectivity index (χ0v) is 19.1. The normalized spacial score (nSPS) is 49.0. The van der Waals surface area contributed by atoms with Gasteiger partial charge in [-0.25, -0.2) is 0 Å². The number of morpholine rings is 1. The minimum atomic E-state index is -0.0619. The summed E-state index contributed by atoms with van der Waals surface area (Å²) >= 11 is 0. The molecule has 4 saturated carbocycles. The average molecular weight is 420 g/mol. The van der Waals surface area contributed by atoms with E-state index in [2.05, 4.69) is 19.2 Å². The Labute approximate surface area is 182 Å². The SMILES string of the molecule is C[C@]12CC[C@H](O)C[C@@H]1CC[C@H]1[C@H]3CC[C@H](NC(=O)C[NH+]4CCOCC4)[C@@]3(C)CC[C@@H]12. The van der Waals surface area contributed by atoms with Crippen molar-refractivity contribution in [2.75, 3.05) is 32.8 Å². The minimum absolute atomic E-state index is 0.0619. The van der Waals surface area contributed by atoms with Gasteiger partial charge in [0.2, 0.25) is 0 Å². The second-order valence-electron chi connectivity index (χ2n) is 11.9. The molecule has 5 heteroatoms. The first-order valence-electron chi connectivity index (χ1n) is 12.8. The van der Waals surface area contributed by atoms with Gasteiger partial charge in [-0.2, -0.15) is 0 Å². The number of rotatable bonds is 3. The maximum absolute atomic E-state index is 12.8. The molecule has 0 radical (unpaired) electrons. The van der Waals surface area contributed by atoms with Gasteiger partial charge in [0.05, 0.1) is 19.3 Å². The summed E-state index contributed by atoms with van der Waals surface area (Å²) in [5.41, 5.74) is 0.707. The maximum atomic E-state index is 12.8. The first-order valence-corrected chi connectivity index (χ1v) is 12.8. The largest absolute Gasteiger partial charge is 0.393 e. The Morgan fingerprint density at radius 1 is 1.00 bits per heavy atom. The fraction of sp³-hybridized carbons (Fsp3) is 0.960. The summed E-state index contributed by atoms with van der Waals surface area (Å²) < 4.78 is 5.44.